The number of hydrazone groups is 1. The Morgan fingerprint density at radius 3 is 2.71 bits per heavy atom. The molecule has 122 valence electrons. The highest BCUT2D eigenvalue weighted by Gasteiger charge is 2.34. The summed E-state index contributed by atoms with van der Waals surface area (Å²) in [4.78, 5) is 22.3. The van der Waals surface area contributed by atoms with Crippen LogP contribution in [0.15, 0.2) is 53.6 Å². The fourth-order valence-corrected chi connectivity index (χ4v) is 2.54. The van der Waals surface area contributed by atoms with E-state index in [0.717, 1.165) is 5.01 Å². The third-order valence-corrected chi connectivity index (χ3v) is 3.79. The number of nitro benzene ring substituents is 1. The minimum absolute atomic E-state index is 0.0885. The van der Waals surface area contributed by atoms with Gasteiger partial charge in [0.05, 0.1) is 4.92 Å². The first-order valence-corrected chi connectivity index (χ1v) is 7.39. The van der Waals surface area contributed by atoms with Crippen molar-refractivity contribution in [1.82, 2.24) is 5.01 Å². The van der Waals surface area contributed by atoms with Crippen molar-refractivity contribution >= 4 is 29.1 Å². The molecule has 0 saturated heterocycles. The molecular formula is C16H12ClN3O4. The van der Waals surface area contributed by atoms with Gasteiger partial charge in [-0.2, -0.15) is 5.01 Å². The summed E-state index contributed by atoms with van der Waals surface area (Å²) < 4.78 is 5.77. The van der Waals surface area contributed by atoms with Gasteiger partial charge in [0.1, 0.15) is 0 Å². The van der Waals surface area contributed by atoms with Crippen LogP contribution in [0.2, 0.25) is 5.02 Å². The second-order valence-electron chi connectivity index (χ2n) is 5.07. The molecule has 0 spiro atoms. The number of rotatable bonds is 3. The molecule has 0 saturated carbocycles. The van der Waals surface area contributed by atoms with Crippen molar-refractivity contribution in [3.63, 3.8) is 0 Å². The van der Waals surface area contributed by atoms with E-state index in [1.807, 2.05) is 0 Å². The number of non-ortho nitro benzene ring substituents is 1. The summed E-state index contributed by atoms with van der Waals surface area (Å²) in [5, 5.41) is 16.7. The quantitative estimate of drug-likeness (QED) is 0.629. The van der Waals surface area contributed by atoms with Crippen LogP contribution in [0.5, 0.6) is 0 Å². The number of carbonyl (C=O) groups excluding carboxylic acids is 1. The molecule has 2 aromatic rings. The molecule has 8 heteroatoms. The standard InChI is InChI=1S/C16H12ClN3O4/c1-10(21)19-16(13-7-2-3-8-14(13)17)24-15(18-19)11-5-4-6-12(9-11)20(22)23/h2-9,16H,1H3/t16-/m0/s1. The van der Waals surface area contributed by atoms with Gasteiger partial charge in [0.15, 0.2) is 0 Å². The normalized spacial score (nSPS) is 16.5. The molecule has 7 nitrogen and oxygen atoms in total. The summed E-state index contributed by atoms with van der Waals surface area (Å²) in [6, 6.07) is 12.8. The van der Waals surface area contributed by atoms with Crippen LogP contribution < -0.4 is 0 Å². The molecule has 0 aliphatic carbocycles. The van der Waals surface area contributed by atoms with Crippen molar-refractivity contribution in [3.8, 4) is 0 Å². The number of halogens is 1. The zero-order chi connectivity index (χ0) is 17.3. The van der Waals surface area contributed by atoms with Crippen LogP contribution in [0.3, 0.4) is 0 Å². The van der Waals surface area contributed by atoms with E-state index < -0.39 is 11.2 Å². The fraction of sp³-hybridized carbons (Fsp3) is 0.125. The number of nitrogens with zero attached hydrogens (tertiary/aromatic N) is 3. The first-order valence-electron chi connectivity index (χ1n) is 7.01. The monoisotopic (exact) mass is 345 g/mol. The Morgan fingerprint density at radius 2 is 2.04 bits per heavy atom. The highest BCUT2D eigenvalue weighted by molar-refractivity contribution is 6.31. The predicted molar refractivity (Wildman–Crippen MR) is 87.4 cm³/mol. The lowest BCUT2D eigenvalue weighted by molar-refractivity contribution is -0.384. The van der Waals surface area contributed by atoms with Crippen molar-refractivity contribution in [3.05, 3.63) is 74.8 Å². The Hall–Kier alpha value is -2.93. The lowest BCUT2D eigenvalue weighted by atomic mass is 10.2. The van der Waals surface area contributed by atoms with E-state index in [-0.39, 0.29) is 17.5 Å². The van der Waals surface area contributed by atoms with Gasteiger partial charge in [-0.25, -0.2) is 0 Å². The Labute approximate surface area is 142 Å². The van der Waals surface area contributed by atoms with Crippen molar-refractivity contribution in [1.29, 1.82) is 0 Å². The number of ether oxygens (including phenoxy) is 1. The van der Waals surface area contributed by atoms with E-state index in [0.29, 0.717) is 16.1 Å². The number of hydrogen-bond donors (Lipinski definition) is 0. The average Bonchev–Trinajstić information content (AvgIpc) is 3.01. The van der Waals surface area contributed by atoms with Gasteiger partial charge in [-0.05, 0) is 12.1 Å². The minimum Gasteiger partial charge on any atom is -0.446 e. The molecule has 0 unspecified atom stereocenters. The molecule has 1 aliphatic rings. The Balaban J connectivity index is 1.99. The van der Waals surface area contributed by atoms with E-state index in [1.54, 1.807) is 30.3 Å². The molecular weight excluding hydrogens is 334 g/mol. The maximum atomic E-state index is 11.9. The molecule has 0 N–H and O–H groups in total. The summed E-state index contributed by atoms with van der Waals surface area (Å²) in [5.74, 6) is -0.209. The maximum Gasteiger partial charge on any atom is 0.270 e. The number of benzene rings is 2. The van der Waals surface area contributed by atoms with Crippen LogP contribution >= 0.6 is 11.6 Å². The van der Waals surface area contributed by atoms with E-state index in [9.17, 15) is 14.9 Å². The lowest BCUT2D eigenvalue weighted by Crippen LogP contribution is -2.25. The van der Waals surface area contributed by atoms with Gasteiger partial charge in [0.25, 0.3) is 5.69 Å². The van der Waals surface area contributed by atoms with E-state index >= 15 is 0 Å². The molecule has 1 aliphatic heterocycles. The zero-order valence-corrected chi connectivity index (χ0v) is 13.3. The molecule has 3 rings (SSSR count). The van der Waals surface area contributed by atoms with Gasteiger partial charge in [-0.3, -0.25) is 14.9 Å². The van der Waals surface area contributed by atoms with Crippen LogP contribution in [0.25, 0.3) is 0 Å². The van der Waals surface area contributed by atoms with Gasteiger partial charge in [0, 0.05) is 35.2 Å². The molecule has 0 fully saturated rings. The topological polar surface area (TPSA) is 85.0 Å². The summed E-state index contributed by atoms with van der Waals surface area (Å²) in [6.45, 7) is 1.35. The molecule has 0 radical (unpaired) electrons. The Kier molecular flexibility index (Phi) is 4.18. The molecule has 1 heterocycles. The van der Waals surface area contributed by atoms with Crippen LogP contribution in [-0.2, 0) is 9.53 Å². The zero-order valence-electron chi connectivity index (χ0n) is 12.5. The Bertz CT molecular complexity index is 853. The summed E-state index contributed by atoms with van der Waals surface area (Å²) in [7, 11) is 0. The van der Waals surface area contributed by atoms with Crippen molar-refractivity contribution in [2.75, 3.05) is 0 Å². The van der Waals surface area contributed by atoms with Gasteiger partial charge in [-0.1, -0.05) is 35.9 Å². The summed E-state index contributed by atoms with van der Waals surface area (Å²) >= 11 is 6.18. The minimum atomic E-state index is -0.814. The van der Waals surface area contributed by atoms with E-state index in [1.165, 1.54) is 25.1 Å². The van der Waals surface area contributed by atoms with Crippen LogP contribution in [0, 0.1) is 10.1 Å². The SMILES string of the molecule is CC(=O)N1N=C(c2cccc([N+](=O)[O-])c2)O[C@H]1c1ccccc1Cl. The van der Waals surface area contributed by atoms with Crippen molar-refractivity contribution in [2.45, 2.75) is 13.2 Å². The van der Waals surface area contributed by atoms with Crippen molar-refractivity contribution in [2.24, 2.45) is 5.10 Å². The number of hydrogen-bond acceptors (Lipinski definition) is 5. The van der Waals surface area contributed by atoms with Gasteiger partial charge in [0.2, 0.25) is 18.0 Å². The highest BCUT2D eigenvalue weighted by Crippen LogP contribution is 2.34. The van der Waals surface area contributed by atoms with E-state index in [2.05, 4.69) is 5.10 Å². The smallest absolute Gasteiger partial charge is 0.270 e. The maximum absolute atomic E-state index is 11.9. The largest absolute Gasteiger partial charge is 0.446 e. The second-order valence-corrected chi connectivity index (χ2v) is 5.48. The van der Waals surface area contributed by atoms with Crippen LogP contribution in [-0.4, -0.2) is 21.7 Å². The molecule has 1 atom stereocenters. The third-order valence-electron chi connectivity index (χ3n) is 3.44. The highest BCUT2D eigenvalue weighted by atomic mass is 35.5. The summed E-state index contributed by atoms with van der Waals surface area (Å²) in [6.07, 6.45) is -0.814. The van der Waals surface area contributed by atoms with Gasteiger partial charge in [-0.15, -0.1) is 5.10 Å². The third kappa shape index (κ3) is 2.93. The van der Waals surface area contributed by atoms with Crippen LogP contribution in [0.4, 0.5) is 5.69 Å². The predicted octanol–water partition coefficient (Wildman–Crippen LogP) is 3.49. The van der Waals surface area contributed by atoms with E-state index in [4.69, 9.17) is 16.3 Å². The molecule has 24 heavy (non-hydrogen) atoms. The summed E-state index contributed by atoms with van der Waals surface area (Å²) in [5.41, 5.74) is 0.901. The molecule has 0 aromatic heterocycles. The number of nitro groups is 1. The number of amides is 1. The molecule has 1 amide bonds. The van der Waals surface area contributed by atoms with Gasteiger partial charge < -0.3 is 4.74 Å². The van der Waals surface area contributed by atoms with Crippen molar-refractivity contribution < 1.29 is 14.5 Å². The van der Waals surface area contributed by atoms with Gasteiger partial charge >= 0.3 is 0 Å². The van der Waals surface area contributed by atoms with Crippen LogP contribution in [0.1, 0.15) is 24.3 Å². The first kappa shape index (κ1) is 15.9. The molecule has 0 bridgehead atoms. The second kappa shape index (κ2) is 6.29. The lowest BCUT2D eigenvalue weighted by Gasteiger charge is -2.20. The molecule has 2 aromatic carbocycles. The fourth-order valence-electron chi connectivity index (χ4n) is 2.31. The number of carbonyl (C=O) groups is 1. The first-order chi connectivity index (χ1) is 11.5. The Morgan fingerprint density at radius 1 is 1.29 bits per heavy atom. The average molecular weight is 346 g/mol.